The summed E-state index contributed by atoms with van der Waals surface area (Å²) in [5, 5.41) is 0. The van der Waals surface area contributed by atoms with Gasteiger partial charge in [-0.2, -0.15) is 0 Å². The first-order valence-electron chi connectivity index (χ1n) is 7.25. The van der Waals surface area contributed by atoms with Gasteiger partial charge in [-0.25, -0.2) is 0 Å². The highest BCUT2D eigenvalue weighted by atomic mass is 16.5. The molecule has 16 heavy (non-hydrogen) atoms. The molecule has 4 atom stereocenters. The fourth-order valence-corrected chi connectivity index (χ4v) is 2.83. The molecule has 1 aliphatic rings. The summed E-state index contributed by atoms with van der Waals surface area (Å²) in [7, 11) is 0. The van der Waals surface area contributed by atoms with Crippen LogP contribution in [0.15, 0.2) is 0 Å². The van der Waals surface area contributed by atoms with Crippen LogP contribution in [0.25, 0.3) is 0 Å². The van der Waals surface area contributed by atoms with Gasteiger partial charge in [0.25, 0.3) is 0 Å². The maximum atomic E-state index is 6.14. The van der Waals surface area contributed by atoms with Crippen LogP contribution in [-0.2, 0) is 4.74 Å². The van der Waals surface area contributed by atoms with E-state index in [2.05, 4.69) is 34.6 Å². The Hall–Kier alpha value is -0.0400. The topological polar surface area (TPSA) is 9.23 Å². The summed E-state index contributed by atoms with van der Waals surface area (Å²) in [6.07, 6.45) is 4.73. The monoisotopic (exact) mass is 228 g/mol. The summed E-state index contributed by atoms with van der Waals surface area (Å²) in [6, 6.07) is 0. The average molecular weight is 228 g/mol. The highest BCUT2D eigenvalue weighted by Gasteiger charge is 2.39. The van der Waals surface area contributed by atoms with Gasteiger partial charge in [0.15, 0.2) is 0 Å². The van der Waals surface area contributed by atoms with Gasteiger partial charge in [0, 0.05) is 0 Å². The first-order valence-corrected chi connectivity index (χ1v) is 7.25. The van der Waals surface area contributed by atoms with Crippen molar-refractivity contribution in [2.75, 3.05) is 0 Å². The predicted octanol–water partition coefficient (Wildman–Crippen LogP) is 4.90. The van der Waals surface area contributed by atoms with E-state index >= 15 is 0 Å². The average Bonchev–Trinajstić information content (AvgIpc) is 2.57. The van der Waals surface area contributed by atoms with Crippen LogP contribution in [0.1, 0.15) is 67.7 Å². The lowest BCUT2D eigenvalue weighted by Crippen LogP contribution is -2.19. The van der Waals surface area contributed by atoms with Crippen LogP contribution < -0.4 is 0 Å². The van der Waals surface area contributed by atoms with Crippen LogP contribution in [0.3, 0.4) is 0 Å². The normalized spacial score (nSPS) is 33.8. The molecule has 0 spiro atoms. The molecule has 1 heteroatoms. The van der Waals surface area contributed by atoms with E-state index in [4.69, 9.17) is 4.74 Å². The SMILES string of the molecule is CC.CCC1OC(CC(C)C)C(C)C1CC. The van der Waals surface area contributed by atoms with Crippen molar-refractivity contribution in [2.45, 2.75) is 79.9 Å². The molecule has 0 N–H and O–H groups in total. The Balaban J connectivity index is 0.00000106. The molecule has 0 amide bonds. The van der Waals surface area contributed by atoms with E-state index in [9.17, 15) is 0 Å². The minimum Gasteiger partial charge on any atom is -0.374 e. The van der Waals surface area contributed by atoms with E-state index in [0.29, 0.717) is 12.2 Å². The molecule has 1 fully saturated rings. The number of hydrogen-bond acceptors (Lipinski definition) is 1. The van der Waals surface area contributed by atoms with Crippen LogP contribution >= 0.6 is 0 Å². The van der Waals surface area contributed by atoms with E-state index in [1.54, 1.807) is 0 Å². The molecule has 1 saturated heterocycles. The van der Waals surface area contributed by atoms with Crippen molar-refractivity contribution < 1.29 is 4.74 Å². The molecular formula is C15H32O. The molecule has 4 unspecified atom stereocenters. The molecule has 98 valence electrons. The second kappa shape index (κ2) is 8.11. The van der Waals surface area contributed by atoms with Gasteiger partial charge in [0.1, 0.15) is 0 Å². The van der Waals surface area contributed by atoms with Gasteiger partial charge in [0.2, 0.25) is 0 Å². The molecule has 1 aliphatic heterocycles. The van der Waals surface area contributed by atoms with Gasteiger partial charge in [-0.3, -0.25) is 0 Å². The Morgan fingerprint density at radius 2 is 1.56 bits per heavy atom. The summed E-state index contributed by atoms with van der Waals surface area (Å²) < 4.78 is 6.14. The summed E-state index contributed by atoms with van der Waals surface area (Å²) in [5.41, 5.74) is 0. The molecule has 0 bridgehead atoms. The van der Waals surface area contributed by atoms with Gasteiger partial charge < -0.3 is 4.74 Å². The van der Waals surface area contributed by atoms with Crippen molar-refractivity contribution in [3.8, 4) is 0 Å². The maximum Gasteiger partial charge on any atom is 0.0610 e. The smallest absolute Gasteiger partial charge is 0.0610 e. The van der Waals surface area contributed by atoms with Crippen LogP contribution in [0.5, 0.6) is 0 Å². The number of rotatable bonds is 4. The first-order chi connectivity index (χ1) is 7.60. The van der Waals surface area contributed by atoms with Crippen LogP contribution in [-0.4, -0.2) is 12.2 Å². The molecule has 0 aliphatic carbocycles. The molecule has 0 saturated carbocycles. The van der Waals surface area contributed by atoms with Crippen molar-refractivity contribution in [1.82, 2.24) is 0 Å². The van der Waals surface area contributed by atoms with Crippen molar-refractivity contribution in [3.63, 3.8) is 0 Å². The van der Waals surface area contributed by atoms with Crippen LogP contribution in [0.4, 0.5) is 0 Å². The highest BCUT2D eigenvalue weighted by Crippen LogP contribution is 2.38. The molecule has 0 aromatic heterocycles. The minimum absolute atomic E-state index is 0.518. The van der Waals surface area contributed by atoms with Gasteiger partial charge in [-0.1, -0.05) is 54.9 Å². The predicted molar refractivity (Wildman–Crippen MR) is 72.7 cm³/mol. The second-order valence-electron chi connectivity index (χ2n) is 5.18. The fraction of sp³-hybridized carbons (Fsp3) is 1.00. The summed E-state index contributed by atoms with van der Waals surface area (Å²) in [5.74, 6) is 2.31. The zero-order valence-electron chi connectivity index (χ0n) is 12.4. The minimum atomic E-state index is 0.518. The lowest BCUT2D eigenvalue weighted by atomic mass is 9.83. The van der Waals surface area contributed by atoms with E-state index in [0.717, 1.165) is 17.8 Å². The maximum absolute atomic E-state index is 6.14. The molecule has 1 rings (SSSR count). The van der Waals surface area contributed by atoms with Crippen molar-refractivity contribution >= 4 is 0 Å². The molecule has 0 aromatic carbocycles. The van der Waals surface area contributed by atoms with Gasteiger partial charge >= 0.3 is 0 Å². The fourth-order valence-electron chi connectivity index (χ4n) is 2.83. The summed E-state index contributed by atoms with van der Waals surface area (Å²) in [4.78, 5) is 0. The Morgan fingerprint density at radius 3 is 1.88 bits per heavy atom. The quantitative estimate of drug-likeness (QED) is 0.665. The molecule has 0 aromatic rings. The Kier molecular flexibility index (Phi) is 8.09. The van der Waals surface area contributed by atoms with E-state index < -0.39 is 0 Å². The van der Waals surface area contributed by atoms with Crippen LogP contribution in [0, 0.1) is 17.8 Å². The van der Waals surface area contributed by atoms with Crippen molar-refractivity contribution in [1.29, 1.82) is 0 Å². The van der Waals surface area contributed by atoms with Crippen molar-refractivity contribution in [3.05, 3.63) is 0 Å². The van der Waals surface area contributed by atoms with Gasteiger partial charge in [0.05, 0.1) is 12.2 Å². The Bertz CT molecular complexity index is 165. The third-order valence-electron chi connectivity index (χ3n) is 3.67. The third-order valence-corrected chi connectivity index (χ3v) is 3.67. The highest BCUT2D eigenvalue weighted by molar-refractivity contribution is 4.87. The zero-order chi connectivity index (χ0) is 12.7. The van der Waals surface area contributed by atoms with E-state index in [1.165, 1.54) is 19.3 Å². The lowest BCUT2D eigenvalue weighted by molar-refractivity contribution is 0.0170. The Labute approximate surface area is 103 Å². The first kappa shape index (κ1) is 16.0. The summed E-state index contributed by atoms with van der Waals surface area (Å²) in [6.45, 7) is 15.5. The molecule has 0 radical (unpaired) electrons. The zero-order valence-corrected chi connectivity index (χ0v) is 12.4. The van der Waals surface area contributed by atoms with Crippen molar-refractivity contribution in [2.24, 2.45) is 17.8 Å². The summed E-state index contributed by atoms with van der Waals surface area (Å²) >= 11 is 0. The lowest BCUT2D eigenvalue weighted by Gasteiger charge is -2.19. The molecular weight excluding hydrogens is 196 g/mol. The van der Waals surface area contributed by atoms with Gasteiger partial charge in [-0.05, 0) is 30.6 Å². The number of ether oxygens (including phenoxy) is 1. The second-order valence-corrected chi connectivity index (χ2v) is 5.18. The third kappa shape index (κ3) is 4.08. The largest absolute Gasteiger partial charge is 0.374 e. The standard InChI is InChI=1S/C13H26O.C2H6/c1-6-11-10(5)13(8-9(3)4)14-12(11)7-2;1-2/h9-13H,6-8H2,1-5H3;1-2H3. The molecule has 1 nitrogen and oxygen atoms in total. The van der Waals surface area contributed by atoms with E-state index in [1.807, 2.05) is 13.8 Å². The van der Waals surface area contributed by atoms with Gasteiger partial charge in [-0.15, -0.1) is 0 Å². The molecule has 1 heterocycles. The number of hydrogen-bond donors (Lipinski definition) is 0. The Morgan fingerprint density at radius 1 is 1.00 bits per heavy atom. The van der Waals surface area contributed by atoms with Crippen LogP contribution in [0.2, 0.25) is 0 Å². The van der Waals surface area contributed by atoms with E-state index in [-0.39, 0.29) is 0 Å².